The van der Waals surface area contributed by atoms with Crippen molar-refractivity contribution in [3.8, 4) is 0 Å². The molecule has 1 atom stereocenters. The summed E-state index contributed by atoms with van der Waals surface area (Å²) < 4.78 is 13.8. The molecule has 1 N–H and O–H groups in total. The Morgan fingerprint density at radius 3 is 2.83 bits per heavy atom. The summed E-state index contributed by atoms with van der Waals surface area (Å²) >= 11 is 0. The van der Waals surface area contributed by atoms with Crippen LogP contribution < -0.4 is 5.32 Å². The molecule has 5 nitrogen and oxygen atoms in total. The molecular weight excluding hydrogens is 309 g/mol. The third-order valence-electron chi connectivity index (χ3n) is 4.49. The number of carbonyl (C=O) groups is 2. The second-order valence-electron chi connectivity index (χ2n) is 6.36. The molecule has 1 aliphatic rings. The van der Waals surface area contributed by atoms with Gasteiger partial charge in [0.1, 0.15) is 5.82 Å². The van der Waals surface area contributed by atoms with E-state index in [1.807, 2.05) is 13.1 Å². The monoisotopic (exact) mass is 335 g/mol. The normalized spacial score (nSPS) is 18.2. The Bertz CT molecular complexity index is 579. The van der Waals surface area contributed by atoms with Crippen LogP contribution in [0.25, 0.3) is 0 Å². The van der Waals surface area contributed by atoms with Gasteiger partial charge in [-0.1, -0.05) is 18.2 Å². The molecule has 24 heavy (non-hydrogen) atoms. The molecule has 2 rings (SSSR count). The molecule has 0 spiro atoms. The molecule has 1 heterocycles. The Morgan fingerprint density at radius 1 is 1.38 bits per heavy atom. The van der Waals surface area contributed by atoms with Gasteiger partial charge in [-0.2, -0.15) is 0 Å². The number of nitrogens with one attached hydrogen (secondary N) is 1. The van der Waals surface area contributed by atoms with E-state index in [0.29, 0.717) is 25.1 Å². The van der Waals surface area contributed by atoms with E-state index in [1.165, 1.54) is 13.0 Å². The molecule has 1 fully saturated rings. The largest absolute Gasteiger partial charge is 0.356 e. The predicted molar refractivity (Wildman–Crippen MR) is 90.8 cm³/mol. The maximum atomic E-state index is 13.8. The number of likely N-dealkylation sites (N-methyl/N-ethyl adjacent to an activating group) is 1. The van der Waals surface area contributed by atoms with Crippen LogP contribution >= 0.6 is 0 Å². The van der Waals surface area contributed by atoms with Crippen LogP contribution in [0.5, 0.6) is 0 Å². The minimum Gasteiger partial charge on any atom is -0.356 e. The standard InChI is InChI=1S/C18H26FN3O2/c1-14(23)20-10-9-18(24)21(2)16-7-5-11-22(13-16)12-15-6-3-4-8-17(15)19/h3-4,6,8,16H,5,7,9-13H2,1-2H3,(H,20,23). The fourth-order valence-electron chi connectivity index (χ4n) is 3.08. The van der Waals surface area contributed by atoms with Gasteiger partial charge in [0, 0.05) is 51.6 Å². The fourth-order valence-corrected chi connectivity index (χ4v) is 3.08. The summed E-state index contributed by atoms with van der Waals surface area (Å²) in [5.74, 6) is -0.278. The Hall–Kier alpha value is -1.95. The molecule has 1 aromatic carbocycles. The van der Waals surface area contributed by atoms with Crippen molar-refractivity contribution in [3.05, 3.63) is 35.6 Å². The predicted octanol–water partition coefficient (Wildman–Crippen LogP) is 1.77. The highest BCUT2D eigenvalue weighted by atomic mass is 19.1. The topological polar surface area (TPSA) is 52.7 Å². The number of nitrogens with zero attached hydrogens (tertiary/aromatic N) is 2. The number of hydrogen-bond donors (Lipinski definition) is 1. The average Bonchev–Trinajstić information content (AvgIpc) is 2.56. The van der Waals surface area contributed by atoms with Crippen LogP contribution in [-0.4, -0.2) is 54.3 Å². The molecule has 1 saturated heterocycles. The molecule has 0 bridgehead atoms. The number of hydrogen-bond acceptors (Lipinski definition) is 3. The van der Waals surface area contributed by atoms with Gasteiger partial charge in [-0.05, 0) is 25.5 Å². The Balaban J connectivity index is 1.86. The molecule has 132 valence electrons. The Kier molecular flexibility index (Phi) is 6.73. The molecule has 1 aromatic rings. The first-order valence-electron chi connectivity index (χ1n) is 8.43. The lowest BCUT2D eigenvalue weighted by Crippen LogP contribution is -2.48. The smallest absolute Gasteiger partial charge is 0.224 e. The second-order valence-corrected chi connectivity index (χ2v) is 6.36. The molecule has 0 aliphatic carbocycles. The average molecular weight is 335 g/mol. The number of amides is 2. The summed E-state index contributed by atoms with van der Waals surface area (Å²) in [5.41, 5.74) is 0.692. The van der Waals surface area contributed by atoms with E-state index < -0.39 is 0 Å². The maximum Gasteiger partial charge on any atom is 0.224 e. The van der Waals surface area contributed by atoms with Gasteiger partial charge in [0.25, 0.3) is 0 Å². The van der Waals surface area contributed by atoms with E-state index in [1.54, 1.807) is 17.0 Å². The number of piperidine rings is 1. The summed E-state index contributed by atoms with van der Waals surface area (Å²) in [6, 6.07) is 6.96. The first kappa shape index (κ1) is 18.4. The van der Waals surface area contributed by atoms with Gasteiger partial charge in [-0.25, -0.2) is 4.39 Å². The first-order chi connectivity index (χ1) is 11.5. The van der Waals surface area contributed by atoms with Crippen molar-refractivity contribution < 1.29 is 14.0 Å². The molecular formula is C18H26FN3O2. The van der Waals surface area contributed by atoms with Crippen LogP contribution in [0.1, 0.15) is 31.7 Å². The van der Waals surface area contributed by atoms with Crippen molar-refractivity contribution in [2.24, 2.45) is 0 Å². The van der Waals surface area contributed by atoms with Gasteiger partial charge in [0.2, 0.25) is 11.8 Å². The molecule has 1 unspecified atom stereocenters. The number of benzene rings is 1. The SMILES string of the molecule is CC(=O)NCCC(=O)N(C)C1CCCN(Cc2ccccc2F)C1. The van der Waals surface area contributed by atoms with Crippen LogP contribution in [0, 0.1) is 5.82 Å². The van der Waals surface area contributed by atoms with E-state index >= 15 is 0 Å². The van der Waals surface area contributed by atoms with E-state index in [4.69, 9.17) is 0 Å². The minimum atomic E-state index is -0.181. The second kappa shape index (κ2) is 8.78. The Labute approximate surface area is 142 Å². The van der Waals surface area contributed by atoms with Crippen LogP contribution in [0.2, 0.25) is 0 Å². The van der Waals surface area contributed by atoms with Crippen LogP contribution in [0.15, 0.2) is 24.3 Å². The van der Waals surface area contributed by atoms with Crippen molar-refractivity contribution in [1.29, 1.82) is 0 Å². The summed E-state index contributed by atoms with van der Waals surface area (Å²) in [4.78, 5) is 27.1. The summed E-state index contributed by atoms with van der Waals surface area (Å²) in [7, 11) is 1.81. The highest BCUT2D eigenvalue weighted by Crippen LogP contribution is 2.19. The van der Waals surface area contributed by atoms with E-state index in [-0.39, 0.29) is 23.7 Å². The number of halogens is 1. The van der Waals surface area contributed by atoms with E-state index in [2.05, 4.69) is 10.2 Å². The van der Waals surface area contributed by atoms with Gasteiger partial charge in [0.15, 0.2) is 0 Å². The van der Waals surface area contributed by atoms with Gasteiger partial charge in [-0.3, -0.25) is 14.5 Å². The first-order valence-corrected chi connectivity index (χ1v) is 8.43. The molecule has 0 saturated carbocycles. The van der Waals surface area contributed by atoms with Crippen molar-refractivity contribution in [2.45, 2.75) is 38.8 Å². The third kappa shape index (κ3) is 5.30. The zero-order valence-corrected chi connectivity index (χ0v) is 14.4. The van der Waals surface area contributed by atoms with E-state index in [0.717, 1.165) is 25.9 Å². The Morgan fingerprint density at radius 2 is 2.12 bits per heavy atom. The van der Waals surface area contributed by atoms with Gasteiger partial charge < -0.3 is 10.2 Å². The zero-order valence-electron chi connectivity index (χ0n) is 14.4. The lowest BCUT2D eigenvalue weighted by molar-refractivity contribution is -0.133. The lowest BCUT2D eigenvalue weighted by Gasteiger charge is -2.37. The highest BCUT2D eigenvalue weighted by molar-refractivity contribution is 5.78. The highest BCUT2D eigenvalue weighted by Gasteiger charge is 2.26. The van der Waals surface area contributed by atoms with Gasteiger partial charge in [0.05, 0.1) is 0 Å². The van der Waals surface area contributed by atoms with Crippen molar-refractivity contribution in [2.75, 3.05) is 26.7 Å². The van der Waals surface area contributed by atoms with Crippen LogP contribution in [-0.2, 0) is 16.1 Å². The maximum absolute atomic E-state index is 13.8. The summed E-state index contributed by atoms with van der Waals surface area (Å²) in [6.07, 6.45) is 2.25. The van der Waals surface area contributed by atoms with Crippen molar-refractivity contribution in [1.82, 2.24) is 15.1 Å². The quantitative estimate of drug-likeness (QED) is 0.862. The lowest BCUT2D eigenvalue weighted by atomic mass is 10.0. The number of rotatable bonds is 6. The minimum absolute atomic E-state index is 0.0292. The van der Waals surface area contributed by atoms with Crippen molar-refractivity contribution >= 4 is 11.8 Å². The number of carbonyl (C=O) groups excluding carboxylic acids is 2. The van der Waals surface area contributed by atoms with E-state index in [9.17, 15) is 14.0 Å². The zero-order chi connectivity index (χ0) is 17.5. The molecule has 0 radical (unpaired) electrons. The van der Waals surface area contributed by atoms with Gasteiger partial charge >= 0.3 is 0 Å². The number of likely N-dealkylation sites (tertiary alicyclic amines) is 1. The molecule has 0 aromatic heterocycles. The van der Waals surface area contributed by atoms with Gasteiger partial charge in [-0.15, -0.1) is 0 Å². The van der Waals surface area contributed by atoms with Crippen LogP contribution in [0.4, 0.5) is 4.39 Å². The van der Waals surface area contributed by atoms with Crippen molar-refractivity contribution in [3.63, 3.8) is 0 Å². The summed E-state index contributed by atoms with van der Waals surface area (Å²) in [5, 5.41) is 2.64. The molecule has 6 heteroatoms. The van der Waals surface area contributed by atoms with Crippen LogP contribution in [0.3, 0.4) is 0 Å². The summed E-state index contributed by atoms with van der Waals surface area (Å²) in [6.45, 7) is 4.03. The fraction of sp³-hybridized carbons (Fsp3) is 0.556. The molecule has 2 amide bonds. The third-order valence-corrected chi connectivity index (χ3v) is 4.49. The molecule has 1 aliphatic heterocycles.